The molecule has 6 heteroatoms. The van der Waals surface area contributed by atoms with Crippen LogP contribution in [0.1, 0.15) is 28.8 Å². The predicted octanol–water partition coefficient (Wildman–Crippen LogP) is 5.19. The van der Waals surface area contributed by atoms with Gasteiger partial charge >= 0.3 is 0 Å². The first kappa shape index (κ1) is 17.7. The topological polar surface area (TPSA) is 83.0 Å². The molecule has 140 valence electrons. The number of oxime groups is 1. The van der Waals surface area contributed by atoms with E-state index < -0.39 is 0 Å². The Morgan fingerprint density at radius 1 is 1.25 bits per heavy atom. The van der Waals surface area contributed by atoms with Gasteiger partial charge in [-0.05, 0) is 62.4 Å². The number of fused-ring (bicyclic) bond motifs is 1. The van der Waals surface area contributed by atoms with Gasteiger partial charge in [0.05, 0.1) is 11.4 Å². The molecule has 6 nitrogen and oxygen atoms in total. The number of aliphatic imine (C=N–C) groups is 1. The Bertz CT molecular complexity index is 1100. The largest absolute Gasteiger partial charge is 0.460 e. The van der Waals surface area contributed by atoms with Crippen molar-refractivity contribution in [2.45, 2.75) is 19.8 Å². The third-order valence-corrected chi connectivity index (χ3v) is 4.74. The van der Waals surface area contributed by atoms with Gasteiger partial charge < -0.3 is 14.9 Å². The van der Waals surface area contributed by atoms with Crippen molar-refractivity contribution in [1.29, 1.82) is 0 Å². The van der Waals surface area contributed by atoms with Crippen LogP contribution in [0.4, 0.5) is 11.4 Å². The Hall–Kier alpha value is -3.67. The summed E-state index contributed by atoms with van der Waals surface area (Å²) in [5.41, 5.74) is 7.14. The molecule has 1 aliphatic carbocycles. The molecule has 0 amide bonds. The van der Waals surface area contributed by atoms with Gasteiger partial charge in [-0.2, -0.15) is 0 Å². The van der Waals surface area contributed by atoms with E-state index in [0.717, 1.165) is 58.0 Å². The minimum Gasteiger partial charge on any atom is -0.460 e. The van der Waals surface area contributed by atoms with Gasteiger partial charge in [0.15, 0.2) is 5.76 Å². The van der Waals surface area contributed by atoms with E-state index in [-0.39, 0.29) is 0 Å². The summed E-state index contributed by atoms with van der Waals surface area (Å²) < 4.78 is 5.84. The van der Waals surface area contributed by atoms with Crippen LogP contribution in [0.2, 0.25) is 0 Å². The minimum absolute atomic E-state index is 0.658. The van der Waals surface area contributed by atoms with Gasteiger partial charge in [-0.3, -0.25) is 4.99 Å². The van der Waals surface area contributed by atoms with Crippen molar-refractivity contribution in [1.82, 2.24) is 4.98 Å². The third kappa shape index (κ3) is 3.32. The number of furan rings is 1. The fourth-order valence-corrected chi connectivity index (χ4v) is 3.41. The van der Waals surface area contributed by atoms with Crippen LogP contribution >= 0.6 is 0 Å². The highest BCUT2D eigenvalue weighted by Crippen LogP contribution is 2.36. The number of pyridine rings is 1. The average Bonchev–Trinajstić information content (AvgIpc) is 3.30. The smallest absolute Gasteiger partial charge is 0.176 e. The zero-order valence-corrected chi connectivity index (χ0v) is 15.5. The first-order valence-corrected chi connectivity index (χ1v) is 8.98. The van der Waals surface area contributed by atoms with Gasteiger partial charge in [-0.25, -0.2) is 4.98 Å². The molecule has 3 aromatic rings. The van der Waals surface area contributed by atoms with Crippen molar-refractivity contribution in [2.75, 3.05) is 5.32 Å². The van der Waals surface area contributed by atoms with Crippen LogP contribution in [-0.4, -0.2) is 22.6 Å². The molecule has 1 aliphatic rings. The molecule has 2 aromatic heterocycles. The van der Waals surface area contributed by atoms with Crippen LogP contribution < -0.4 is 5.32 Å². The predicted molar refractivity (Wildman–Crippen MR) is 112 cm³/mol. The lowest BCUT2D eigenvalue weighted by molar-refractivity contribution is 0.318. The Balaban J connectivity index is 1.75. The quantitative estimate of drug-likeness (QED) is 0.367. The molecule has 4 rings (SSSR count). The highest BCUT2D eigenvalue weighted by molar-refractivity contribution is 6.04. The number of hydrogen-bond acceptors (Lipinski definition) is 6. The maximum atomic E-state index is 9.12. The summed E-state index contributed by atoms with van der Waals surface area (Å²) >= 11 is 0. The van der Waals surface area contributed by atoms with Crippen molar-refractivity contribution in [3.63, 3.8) is 0 Å². The van der Waals surface area contributed by atoms with E-state index in [1.807, 2.05) is 43.3 Å². The summed E-state index contributed by atoms with van der Waals surface area (Å²) in [7, 11) is 0. The summed E-state index contributed by atoms with van der Waals surface area (Å²) in [5, 5.41) is 16.0. The van der Waals surface area contributed by atoms with Crippen LogP contribution in [-0.2, 0) is 6.42 Å². The number of aromatic nitrogens is 1. The highest BCUT2D eigenvalue weighted by Gasteiger charge is 2.20. The summed E-state index contributed by atoms with van der Waals surface area (Å²) in [6, 6.07) is 11.8. The molecule has 2 heterocycles. The van der Waals surface area contributed by atoms with Crippen LogP contribution in [0.3, 0.4) is 0 Å². The Kier molecular flexibility index (Phi) is 4.76. The monoisotopic (exact) mass is 372 g/mol. The zero-order chi connectivity index (χ0) is 19.5. The lowest BCUT2D eigenvalue weighted by Gasteiger charge is -2.10. The normalized spacial score (nSPS) is 14.5. The summed E-state index contributed by atoms with van der Waals surface area (Å²) in [6.45, 7) is 5.44. The van der Waals surface area contributed by atoms with Gasteiger partial charge in [0.1, 0.15) is 12.0 Å². The van der Waals surface area contributed by atoms with E-state index in [2.05, 4.69) is 33.2 Å². The van der Waals surface area contributed by atoms with E-state index in [1.54, 1.807) is 12.5 Å². The Labute approximate surface area is 163 Å². The molecule has 0 fully saturated rings. The van der Waals surface area contributed by atoms with Crippen LogP contribution in [0.15, 0.2) is 63.4 Å². The molecule has 1 aromatic carbocycles. The number of benzene rings is 1. The number of hydrogen-bond donors (Lipinski definition) is 2. The van der Waals surface area contributed by atoms with Crippen molar-refractivity contribution >= 4 is 29.9 Å². The Morgan fingerprint density at radius 2 is 2.14 bits per heavy atom. The molecule has 0 unspecified atom stereocenters. The van der Waals surface area contributed by atoms with E-state index in [1.165, 1.54) is 0 Å². The first-order valence-electron chi connectivity index (χ1n) is 8.98. The van der Waals surface area contributed by atoms with Crippen molar-refractivity contribution in [3.8, 4) is 11.5 Å². The van der Waals surface area contributed by atoms with Crippen molar-refractivity contribution in [2.24, 2.45) is 10.1 Å². The average molecular weight is 372 g/mol. The minimum atomic E-state index is 0.658. The SMILES string of the molecule is C=N/C=C\c1coc(-c2cccc(C)n2)c1Nc1ccc2c(c1)CC/C2=N\O. The summed E-state index contributed by atoms with van der Waals surface area (Å²) in [4.78, 5) is 8.37. The molecule has 0 saturated heterocycles. The van der Waals surface area contributed by atoms with Gasteiger partial charge in [0, 0.05) is 28.7 Å². The second kappa shape index (κ2) is 7.52. The van der Waals surface area contributed by atoms with Crippen LogP contribution in [0.5, 0.6) is 0 Å². The summed E-state index contributed by atoms with van der Waals surface area (Å²) in [5.74, 6) is 0.658. The number of nitrogens with zero attached hydrogens (tertiary/aromatic N) is 3. The molecule has 0 bridgehead atoms. The molecule has 0 aliphatic heterocycles. The summed E-state index contributed by atoms with van der Waals surface area (Å²) in [6.07, 6.45) is 6.74. The zero-order valence-electron chi connectivity index (χ0n) is 15.5. The van der Waals surface area contributed by atoms with Crippen molar-refractivity contribution < 1.29 is 9.62 Å². The van der Waals surface area contributed by atoms with Gasteiger partial charge in [0.25, 0.3) is 0 Å². The third-order valence-electron chi connectivity index (χ3n) is 4.74. The molecule has 2 N–H and O–H groups in total. The van der Waals surface area contributed by atoms with Gasteiger partial charge in [-0.1, -0.05) is 17.3 Å². The van der Waals surface area contributed by atoms with E-state index in [4.69, 9.17) is 9.62 Å². The lowest BCUT2D eigenvalue weighted by atomic mass is 10.1. The lowest BCUT2D eigenvalue weighted by Crippen LogP contribution is -1.97. The standard InChI is InChI=1S/C22H20N4O2/c1-14-4-3-5-20(24-14)22-21(16(13-28-22)10-11-23-2)25-17-7-8-18-15(12-17)6-9-19(18)26-27/h3-5,7-8,10-13,25,27H,2,6,9H2,1H3/b11-10-,26-19+. The molecular weight excluding hydrogens is 352 g/mol. The maximum absolute atomic E-state index is 9.12. The second-order valence-electron chi connectivity index (χ2n) is 6.60. The highest BCUT2D eigenvalue weighted by atomic mass is 16.4. The number of anilines is 2. The Morgan fingerprint density at radius 3 is 2.93 bits per heavy atom. The molecule has 0 spiro atoms. The number of nitrogens with one attached hydrogen (secondary N) is 1. The van der Waals surface area contributed by atoms with E-state index in [0.29, 0.717) is 5.76 Å². The molecule has 28 heavy (non-hydrogen) atoms. The fraction of sp³-hybridized carbons (Fsp3) is 0.136. The van der Waals surface area contributed by atoms with Crippen LogP contribution in [0, 0.1) is 6.92 Å². The molecule has 0 atom stereocenters. The number of aryl methyl sites for hydroxylation is 2. The first-order chi connectivity index (χ1) is 13.7. The fourth-order valence-electron chi connectivity index (χ4n) is 3.41. The van der Waals surface area contributed by atoms with Crippen LogP contribution in [0.25, 0.3) is 17.5 Å². The molecular formula is C22H20N4O2. The van der Waals surface area contributed by atoms with Gasteiger partial charge in [0.2, 0.25) is 0 Å². The maximum Gasteiger partial charge on any atom is 0.176 e. The van der Waals surface area contributed by atoms with Gasteiger partial charge in [-0.15, -0.1) is 0 Å². The number of rotatable bonds is 5. The molecule has 0 radical (unpaired) electrons. The molecule has 0 saturated carbocycles. The van der Waals surface area contributed by atoms with E-state index >= 15 is 0 Å². The second-order valence-corrected chi connectivity index (χ2v) is 6.60. The van der Waals surface area contributed by atoms with E-state index in [9.17, 15) is 0 Å². The van der Waals surface area contributed by atoms with Crippen molar-refractivity contribution in [3.05, 3.63) is 71.2 Å².